The van der Waals surface area contributed by atoms with E-state index in [1.165, 1.54) is 16.8 Å². The second-order valence-corrected chi connectivity index (χ2v) is 9.43. The molecule has 0 bridgehead atoms. The Morgan fingerprint density at radius 2 is 1.63 bits per heavy atom. The minimum atomic E-state index is -5.08. The number of benzene rings is 2. The van der Waals surface area contributed by atoms with Crippen LogP contribution in [0.15, 0.2) is 59.5 Å². The molecule has 1 aliphatic heterocycles. The number of aliphatic carboxylic acids is 1. The summed E-state index contributed by atoms with van der Waals surface area (Å²) < 4.78 is 71.5. The fourth-order valence-electron chi connectivity index (χ4n) is 3.81. The minimum Gasteiger partial charge on any atom is -0.475 e. The van der Waals surface area contributed by atoms with E-state index in [9.17, 15) is 35.9 Å². The molecule has 1 saturated heterocycles. The van der Waals surface area contributed by atoms with Gasteiger partial charge in [-0.15, -0.1) is 0 Å². The van der Waals surface area contributed by atoms with Crippen LogP contribution in [0.4, 0.5) is 48.2 Å². The van der Waals surface area contributed by atoms with Gasteiger partial charge in [0.25, 0.3) is 5.56 Å². The first kappa shape index (κ1) is 33.2. The topological polar surface area (TPSA) is 129 Å². The summed E-state index contributed by atoms with van der Waals surface area (Å²) in [6.45, 7) is 3.42. The molecule has 4 rings (SSSR count). The molecular weight excluding hydrogens is 610 g/mol. The second kappa shape index (κ2) is 14.2. The standard InChI is InChI=1S/C24H24ClF3N6O2.C2HF3O2/c25-21-20(33-11-2-9-29-10-12-33)14-30-34(22(21)35)15-16-5-7-18(8-6-16)31-23(36)32-19-4-1-3-17(13-19)24(26,27)28;3-2(4,5)1(6)7/h1,3-8,13-14,29H,2,9-12,15H2,(H2,31,32,36);(H,6,7). The lowest BCUT2D eigenvalue weighted by atomic mass is 10.2. The average Bonchev–Trinajstić information content (AvgIpc) is 3.21. The van der Waals surface area contributed by atoms with Crippen molar-refractivity contribution in [2.45, 2.75) is 25.3 Å². The van der Waals surface area contributed by atoms with E-state index in [4.69, 9.17) is 21.5 Å². The van der Waals surface area contributed by atoms with Gasteiger partial charge >= 0.3 is 24.4 Å². The van der Waals surface area contributed by atoms with Gasteiger partial charge in [-0.05, 0) is 48.9 Å². The Labute approximate surface area is 245 Å². The lowest BCUT2D eigenvalue weighted by Gasteiger charge is -2.23. The van der Waals surface area contributed by atoms with Crippen molar-refractivity contribution in [3.05, 3.63) is 81.2 Å². The third kappa shape index (κ3) is 9.89. The maximum atomic E-state index is 12.8. The van der Waals surface area contributed by atoms with Crippen LogP contribution in [0, 0.1) is 0 Å². The van der Waals surface area contributed by atoms with Crippen LogP contribution >= 0.6 is 11.6 Å². The Kier molecular flexibility index (Phi) is 11.0. The lowest BCUT2D eigenvalue weighted by molar-refractivity contribution is -0.192. The van der Waals surface area contributed by atoms with Crippen LogP contribution in [-0.4, -0.2) is 59.2 Å². The fourth-order valence-corrected chi connectivity index (χ4v) is 4.08. The molecule has 0 atom stereocenters. The number of carboxylic acids is 1. The van der Waals surface area contributed by atoms with Crippen molar-refractivity contribution in [2.24, 2.45) is 0 Å². The summed E-state index contributed by atoms with van der Waals surface area (Å²) in [5.41, 5.74) is 0.552. The zero-order valence-corrected chi connectivity index (χ0v) is 22.9. The van der Waals surface area contributed by atoms with E-state index in [1.807, 2.05) is 4.90 Å². The highest BCUT2D eigenvalue weighted by molar-refractivity contribution is 6.33. The van der Waals surface area contributed by atoms with E-state index in [-0.39, 0.29) is 17.3 Å². The summed E-state index contributed by atoms with van der Waals surface area (Å²) >= 11 is 6.38. The Morgan fingerprint density at radius 3 is 2.26 bits per heavy atom. The van der Waals surface area contributed by atoms with Crippen molar-refractivity contribution in [3.63, 3.8) is 0 Å². The van der Waals surface area contributed by atoms with Crippen LogP contribution in [0.5, 0.6) is 0 Å². The summed E-state index contributed by atoms with van der Waals surface area (Å²) in [6.07, 6.45) is -7.05. The Bertz CT molecular complexity index is 1470. The monoisotopic (exact) mass is 634 g/mol. The molecule has 232 valence electrons. The summed E-state index contributed by atoms with van der Waals surface area (Å²) in [4.78, 5) is 35.9. The molecule has 43 heavy (non-hydrogen) atoms. The number of alkyl halides is 6. The van der Waals surface area contributed by atoms with E-state index in [1.54, 1.807) is 30.5 Å². The van der Waals surface area contributed by atoms with Gasteiger partial charge < -0.3 is 26.0 Å². The number of nitrogens with zero attached hydrogens (tertiary/aromatic N) is 3. The first-order valence-corrected chi connectivity index (χ1v) is 12.9. The van der Waals surface area contributed by atoms with Gasteiger partial charge in [0.15, 0.2) is 0 Å². The number of carboxylic acid groups (broad SMARTS) is 1. The van der Waals surface area contributed by atoms with Gasteiger partial charge in [0.05, 0.1) is 24.0 Å². The molecule has 0 unspecified atom stereocenters. The van der Waals surface area contributed by atoms with E-state index >= 15 is 0 Å². The van der Waals surface area contributed by atoms with E-state index in [0.717, 1.165) is 50.3 Å². The molecule has 4 N–H and O–H groups in total. The smallest absolute Gasteiger partial charge is 0.475 e. The SMILES string of the molecule is O=C(Nc1ccc(Cn2ncc(N3CCCNCC3)c(Cl)c2=O)cc1)Nc1cccc(C(F)(F)F)c1.O=C(O)C(F)(F)F. The Hall–Kier alpha value is -4.31. The normalized spacial score (nSPS) is 13.8. The van der Waals surface area contributed by atoms with Crippen molar-refractivity contribution < 1.29 is 41.0 Å². The molecule has 1 aliphatic rings. The largest absolute Gasteiger partial charge is 0.490 e. The van der Waals surface area contributed by atoms with Gasteiger partial charge in [-0.3, -0.25) is 4.79 Å². The van der Waals surface area contributed by atoms with Gasteiger partial charge in [-0.2, -0.15) is 31.4 Å². The van der Waals surface area contributed by atoms with E-state index < -0.39 is 35.5 Å². The van der Waals surface area contributed by atoms with Crippen molar-refractivity contribution in [3.8, 4) is 0 Å². The van der Waals surface area contributed by atoms with Gasteiger partial charge in [-0.25, -0.2) is 14.3 Å². The first-order chi connectivity index (χ1) is 20.1. The predicted octanol–water partition coefficient (Wildman–Crippen LogP) is 5.04. The number of carbonyl (C=O) groups excluding carboxylic acids is 1. The molecule has 2 heterocycles. The number of anilines is 3. The van der Waals surface area contributed by atoms with Crippen molar-refractivity contribution in [1.82, 2.24) is 15.1 Å². The molecule has 0 radical (unpaired) electrons. The van der Waals surface area contributed by atoms with Crippen LogP contribution in [0.1, 0.15) is 17.5 Å². The summed E-state index contributed by atoms with van der Waals surface area (Å²) in [7, 11) is 0. The molecule has 0 saturated carbocycles. The number of hydrogen-bond donors (Lipinski definition) is 4. The summed E-state index contributed by atoms with van der Waals surface area (Å²) in [6, 6.07) is 10.3. The van der Waals surface area contributed by atoms with Crippen LogP contribution < -0.4 is 26.4 Å². The maximum absolute atomic E-state index is 12.8. The molecule has 3 aromatic rings. The molecule has 1 aromatic heterocycles. The third-order valence-corrected chi connectivity index (χ3v) is 6.24. The number of amides is 2. The third-order valence-electron chi connectivity index (χ3n) is 5.88. The van der Waals surface area contributed by atoms with Crippen molar-refractivity contribution in [1.29, 1.82) is 0 Å². The average molecular weight is 635 g/mol. The predicted molar refractivity (Wildman–Crippen MR) is 147 cm³/mol. The Balaban J connectivity index is 0.000000646. The van der Waals surface area contributed by atoms with E-state index in [2.05, 4.69) is 21.0 Å². The number of hydrogen-bond acceptors (Lipinski definition) is 6. The van der Waals surface area contributed by atoms with Crippen LogP contribution in [0.2, 0.25) is 5.02 Å². The second-order valence-electron chi connectivity index (χ2n) is 9.05. The highest BCUT2D eigenvalue weighted by Crippen LogP contribution is 2.30. The van der Waals surface area contributed by atoms with Gasteiger partial charge in [-0.1, -0.05) is 29.8 Å². The quantitative estimate of drug-likeness (QED) is 0.290. The molecule has 10 nitrogen and oxygen atoms in total. The van der Waals surface area contributed by atoms with Crippen LogP contribution in [0.25, 0.3) is 0 Å². The molecular formula is C26H25ClF6N6O4. The number of aromatic nitrogens is 2. The van der Waals surface area contributed by atoms with Crippen molar-refractivity contribution >= 4 is 40.7 Å². The van der Waals surface area contributed by atoms with Gasteiger partial charge in [0.1, 0.15) is 5.02 Å². The zero-order valence-electron chi connectivity index (χ0n) is 22.1. The number of nitrogens with one attached hydrogen (secondary N) is 3. The Morgan fingerprint density at radius 1 is 0.977 bits per heavy atom. The number of halogens is 7. The number of rotatable bonds is 5. The van der Waals surface area contributed by atoms with Gasteiger partial charge in [0.2, 0.25) is 0 Å². The number of urea groups is 1. The van der Waals surface area contributed by atoms with Crippen LogP contribution in [-0.2, 0) is 17.5 Å². The summed E-state index contributed by atoms with van der Waals surface area (Å²) in [5.74, 6) is -2.76. The molecule has 2 amide bonds. The van der Waals surface area contributed by atoms with Gasteiger partial charge in [0, 0.05) is 31.0 Å². The molecule has 1 fully saturated rings. The first-order valence-electron chi connectivity index (χ1n) is 12.5. The minimum absolute atomic E-state index is 0.0150. The lowest BCUT2D eigenvalue weighted by Crippen LogP contribution is -2.32. The molecule has 0 spiro atoms. The summed E-state index contributed by atoms with van der Waals surface area (Å²) in [5, 5.41) is 19.8. The highest BCUT2D eigenvalue weighted by Gasteiger charge is 2.38. The molecule has 0 aliphatic carbocycles. The van der Waals surface area contributed by atoms with Crippen LogP contribution in [0.3, 0.4) is 0 Å². The van der Waals surface area contributed by atoms with Crippen molar-refractivity contribution in [2.75, 3.05) is 41.7 Å². The zero-order chi connectivity index (χ0) is 31.8. The maximum Gasteiger partial charge on any atom is 0.490 e. The van der Waals surface area contributed by atoms with E-state index in [0.29, 0.717) is 11.4 Å². The fraction of sp³-hybridized carbons (Fsp3) is 0.308. The highest BCUT2D eigenvalue weighted by atomic mass is 35.5. The molecule has 2 aromatic carbocycles. The molecule has 17 heteroatoms. The number of carbonyl (C=O) groups is 2.